The highest BCUT2D eigenvalue weighted by atomic mass is 19.4. The van der Waals surface area contributed by atoms with E-state index in [2.05, 4.69) is 20.4 Å². The van der Waals surface area contributed by atoms with Crippen LogP contribution < -0.4 is 5.32 Å². The highest BCUT2D eigenvalue weighted by molar-refractivity contribution is 5.95. The van der Waals surface area contributed by atoms with E-state index in [0.29, 0.717) is 37.4 Å². The molecule has 1 atom stereocenters. The summed E-state index contributed by atoms with van der Waals surface area (Å²) in [7, 11) is 0. The number of halogens is 3. The van der Waals surface area contributed by atoms with E-state index < -0.39 is 11.7 Å². The molecule has 174 valence electrons. The number of aryl methyl sites for hydroxylation is 1. The molecule has 33 heavy (non-hydrogen) atoms. The molecule has 0 fully saturated rings. The van der Waals surface area contributed by atoms with Crippen LogP contribution in [0.25, 0.3) is 0 Å². The van der Waals surface area contributed by atoms with Gasteiger partial charge in [0.15, 0.2) is 5.82 Å². The van der Waals surface area contributed by atoms with Crippen molar-refractivity contribution in [3.8, 4) is 0 Å². The van der Waals surface area contributed by atoms with Crippen LogP contribution >= 0.6 is 0 Å². The van der Waals surface area contributed by atoms with Crippen molar-refractivity contribution in [1.82, 2.24) is 25.0 Å². The number of hydrogen-bond acceptors (Lipinski definition) is 4. The predicted octanol–water partition coefficient (Wildman–Crippen LogP) is 4.15. The van der Waals surface area contributed by atoms with Crippen LogP contribution in [0.1, 0.15) is 51.7 Å². The Morgan fingerprint density at radius 2 is 1.79 bits per heavy atom. The largest absolute Gasteiger partial charge is 0.416 e. The standard InChI is InChI=1S/C24H26F3N5O/c1-16-5-3-4-6-20(16)23(33)28-17(2)22-30-29-21-11-12-31(13-14-32(21)22)15-18-7-9-19(10-8-18)24(25,26)27/h3-10,17H,11-15H2,1-2H3,(H,28,33)/t17-/m0/s1. The quantitative estimate of drug-likeness (QED) is 0.625. The first-order valence-corrected chi connectivity index (χ1v) is 10.9. The topological polar surface area (TPSA) is 63.1 Å². The van der Waals surface area contributed by atoms with Gasteiger partial charge in [-0.3, -0.25) is 9.69 Å². The van der Waals surface area contributed by atoms with Crippen LogP contribution in [0.2, 0.25) is 0 Å². The van der Waals surface area contributed by atoms with E-state index >= 15 is 0 Å². The fourth-order valence-corrected chi connectivity index (χ4v) is 4.09. The number of fused-ring (bicyclic) bond motifs is 1. The summed E-state index contributed by atoms with van der Waals surface area (Å²) >= 11 is 0. The van der Waals surface area contributed by atoms with Crippen LogP contribution in [-0.2, 0) is 25.7 Å². The van der Waals surface area contributed by atoms with Crippen molar-refractivity contribution in [2.45, 2.75) is 45.6 Å². The number of nitrogens with zero attached hydrogens (tertiary/aromatic N) is 4. The molecule has 3 aromatic rings. The molecule has 0 aliphatic carbocycles. The Kier molecular flexibility index (Phi) is 6.51. The normalized spacial score (nSPS) is 15.5. The van der Waals surface area contributed by atoms with Gasteiger partial charge in [0.2, 0.25) is 0 Å². The minimum absolute atomic E-state index is 0.157. The molecule has 0 saturated heterocycles. The molecule has 1 aliphatic rings. The summed E-state index contributed by atoms with van der Waals surface area (Å²) in [4.78, 5) is 14.9. The fraction of sp³-hybridized carbons (Fsp3) is 0.375. The van der Waals surface area contributed by atoms with Crippen molar-refractivity contribution in [3.05, 3.63) is 82.4 Å². The van der Waals surface area contributed by atoms with Crippen molar-refractivity contribution in [1.29, 1.82) is 0 Å². The summed E-state index contributed by atoms with van der Waals surface area (Å²) in [6.07, 6.45) is -3.66. The van der Waals surface area contributed by atoms with E-state index in [0.717, 1.165) is 35.6 Å². The Labute approximate surface area is 190 Å². The van der Waals surface area contributed by atoms with Gasteiger partial charge in [0, 0.05) is 38.2 Å². The van der Waals surface area contributed by atoms with Crippen molar-refractivity contribution in [2.24, 2.45) is 0 Å². The lowest BCUT2D eigenvalue weighted by Gasteiger charge is -2.20. The Bertz CT molecular complexity index is 1120. The van der Waals surface area contributed by atoms with E-state index in [9.17, 15) is 18.0 Å². The lowest BCUT2D eigenvalue weighted by molar-refractivity contribution is -0.137. The average molecular weight is 458 g/mol. The molecular weight excluding hydrogens is 431 g/mol. The smallest absolute Gasteiger partial charge is 0.342 e. The van der Waals surface area contributed by atoms with Crippen LogP contribution in [0.15, 0.2) is 48.5 Å². The van der Waals surface area contributed by atoms with Gasteiger partial charge in [-0.1, -0.05) is 30.3 Å². The number of rotatable bonds is 5. The summed E-state index contributed by atoms with van der Waals surface area (Å²) in [5, 5.41) is 11.7. The third-order valence-corrected chi connectivity index (χ3v) is 5.96. The zero-order valence-corrected chi connectivity index (χ0v) is 18.6. The summed E-state index contributed by atoms with van der Waals surface area (Å²) < 4.78 is 40.4. The third-order valence-electron chi connectivity index (χ3n) is 5.96. The highest BCUT2D eigenvalue weighted by Gasteiger charge is 2.30. The molecule has 0 spiro atoms. The lowest BCUT2D eigenvalue weighted by Crippen LogP contribution is -2.30. The average Bonchev–Trinajstić information content (AvgIpc) is 3.08. The highest BCUT2D eigenvalue weighted by Crippen LogP contribution is 2.29. The van der Waals surface area contributed by atoms with Crippen molar-refractivity contribution in [2.75, 3.05) is 13.1 Å². The first-order valence-electron chi connectivity index (χ1n) is 10.9. The SMILES string of the molecule is Cc1ccccc1C(=O)N[C@@H](C)c1nnc2n1CCN(Cc1ccc(C(F)(F)F)cc1)CC2. The summed E-state index contributed by atoms with van der Waals surface area (Å²) in [5.41, 5.74) is 1.73. The molecule has 2 heterocycles. The molecular formula is C24H26F3N5O. The van der Waals surface area contributed by atoms with E-state index in [-0.39, 0.29) is 11.9 Å². The van der Waals surface area contributed by atoms with Gasteiger partial charge < -0.3 is 9.88 Å². The molecule has 1 N–H and O–H groups in total. The minimum atomic E-state index is -4.33. The molecule has 0 bridgehead atoms. The molecule has 4 rings (SSSR count). The molecule has 0 unspecified atom stereocenters. The number of aromatic nitrogens is 3. The van der Waals surface area contributed by atoms with Crippen LogP contribution in [-0.4, -0.2) is 38.7 Å². The second-order valence-electron chi connectivity index (χ2n) is 8.36. The summed E-state index contributed by atoms with van der Waals surface area (Å²) in [5.74, 6) is 1.38. The van der Waals surface area contributed by atoms with Crippen LogP contribution in [0.3, 0.4) is 0 Å². The Hall–Kier alpha value is -3.20. The Balaban J connectivity index is 1.40. The number of benzene rings is 2. The number of amides is 1. The van der Waals surface area contributed by atoms with Crippen LogP contribution in [0.4, 0.5) is 13.2 Å². The number of nitrogens with one attached hydrogen (secondary N) is 1. The molecule has 6 nitrogen and oxygen atoms in total. The molecule has 1 amide bonds. The Morgan fingerprint density at radius 3 is 2.48 bits per heavy atom. The van der Waals surface area contributed by atoms with Crippen molar-refractivity contribution < 1.29 is 18.0 Å². The maximum Gasteiger partial charge on any atom is 0.416 e. The van der Waals surface area contributed by atoms with Gasteiger partial charge >= 0.3 is 6.18 Å². The first-order chi connectivity index (χ1) is 15.7. The van der Waals surface area contributed by atoms with Crippen molar-refractivity contribution in [3.63, 3.8) is 0 Å². The van der Waals surface area contributed by atoms with Gasteiger partial charge in [-0.25, -0.2) is 0 Å². The number of hydrogen-bond donors (Lipinski definition) is 1. The van der Waals surface area contributed by atoms with Crippen LogP contribution in [0.5, 0.6) is 0 Å². The van der Waals surface area contributed by atoms with E-state index in [4.69, 9.17) is 0 Å². The van der Waals surface area contributed by atoms with Crippen molar-refractivity contribution >= 4 is 5.91 Å². The maximum absolute atomic E-state index is 12.8. The molecule has 1 aliphatic heterocycles. The molecule has 2 aromatic carbocycles. The van der Waals surface area contributed by atoms with Gasteiger partial charge in [0.25, 0.3) is 5.91 Å². The number of carbonyl (C=O) groups excluding carboxylic acids is 1. The zero-order chi connectivity index (χ0) is 23.6. The summed E-state index contributed by atoms with van der Waals surface area (Å²) in [6.45, 7) is 6.42. The van der Waals surface area contributed by atoms with Crippen LogP contribution in [0, 0.1) is 6.92 Å². The van der Waals surface area contributed by atoms with Gasteiger partial charge in [0.1, 0.15) is 5.82 Å². The number of alkyl halides is 3. The Morgan fingerprint density at radius 1 is 1.06 bits per heavy atom. The van der Waals surface area contributed by atoms with E-state index in [1.165, 1.54) is 12.1 Å². The first kappa shape index (κ1) is 23.0. The predicted molar refractivity (Wildman–Crippen MR) is 118 cm³/mol. The fourth-order valence-electron chi connectivity index (χ4n) is 4.09. The lowest BCUT2D eigenvalue weighted by atomic mass is 10.1. The van der Waals surface area contributed by atoms with Gasteiger partial charge in [-0.05, 0) is 43.2 Å². The molecule has 9 heteroatoms. The second kappa shape index (κ2) is 9.35. The monoisotopic (exact) mass is 457 g/mol. The third kappa shape index (κ3) is 5.24. The molecule has 0 radical (unpaired) electrons. The van der Waals surface area contributed by atoms with E-state index in [1.807, 2.05) is 36.6 Å². The maximum atomic E-state index is 12.8. The van der Waals surface area contributed by atoms with Gasteiger partial charge in [0.05, 0.1) is 11.6 Å². The minimum Gasteiger partial charge on any atom is -0.342 e. The molecule has 1 aromatic heterocycles. The second-order valence-corrected chi connectivity index (χ2v) is 8.36. The molecule has 0 saturated carbocycles. The van der Waals surface area contributed by atoms with Gasteiger partial charge in [-0.15, -0.1) is 10.2 Å². The summed E-state index contributed by atoms with van der Waals surface area (Å²) in [6, 6.07) is 12.4. The zero-order valence-electron chi connectivity index (χ0n) is 18.6. The van der Waals surface area contributed by atoms with E-state index in [1.54, 1.807) is 6.07 Å². The van der Waals surface area contributed by atoms with Gasteiger partial charge in [-0.2, -0.15) is 13.2 Å². The number of carbonyl (C=O) groups is 1.